The Labute approximate surface area is 157 Å². The van der Waals surface area contributed by atoms with Gasteiger partial charge in [-0.2, -0.15) is 17.5 Å². The van der Waals surface area contributed by atoms with Gasteiger partial charge in [0.25, 0.3) is 11.8 Å². The smallest absolute Gasteiger partial charge is 0.418 e. The van der Waals surface area contributed by atoms with E-state index in [9.17, 15) is 18.0 Å². The maximum Gasteiger partial charge on any atom is 0.418 e. The molecule has 0 bridgehead atoms. The number of halogens is 3. The number of para-hydroxylation sites is 1. The zero-order valence-electron chi connectivity index (χ0n) is 14.3. The number of carbonyl (C=O) groups excluding carboxylic acids is 1. The van der Waals surface area contributed by atoms with E-state index in [1.807, 2.05) is 4.90 Å². The van der Waals surface area contributed by atoms with Gasteiger partial charge in [-0.1, -0.05) is 12.1 Å². The standard InChI is InChI=1S/C16H17F3N4O3S/c1-10(14(24)20-12-5-3-2-4-11(12)16(17,18)19)26-15-13(21-27-22-15)23-6-8-25-9-7-23/h2-5,10H,6-9H2,1H3,(H,20,24). The lowest BCUT2D eigenvalue weighted by Crippen LogP contribution is -2.37. The van der Waals surface area contributed by atoms with Crippen molar-refractivity contribution >= 4 is 29.1 Å². The number of rotatable bonds is 5. The first-order valence-corrected chi connectivity index (χ1v) is 8.88. The molecule has 27 heavy (non-hydrogen) atoms. The second-order valence-electron chi connectivity index (χ2n) is 5.79. The van der Waals surface area contributed by atoms with Gasteiger partial charge in [0, 0.05) is 13.1 Å². The number of benzene rings is 1. The Kier molecular flexibility index (Phi) is 5.80. The van der Waals surface area contributed by atoms with Crippen molar-refractivity contribution in [2.45, 2.75) is 19.2 Å². The molecule has 11 heteroatoms. The monoisotopic (exact) mass is 402 g/mol. The summed E-state index contributed by atoms with van der Waals surface area (Å²) in [4.78, 5) is 14.2. The quantitative estimate of drug-likeness (QED) is 0.829. The van der Waals surface area contributed by atoms with E-state index in [2.05, 4.69) is 14.1 Å². The molecule has 0 saturated carbocycles. The first kappa shape index (κ1) is 19.4. The maximum absolute atomic E-state index is 13.0. The van der Waals surface area contributed by atoms with Crippen LogP contribution in [0.25, 0.3) is 0 Å². The third-order valence-electron chi connectivity index (χ3n) is 3.90. The van der Waals surface area contributed by atoms with Crippen LogP contribution in [0.1, 0.15) is 12.5 Å². The predicted molar refractivity (Wildman–Crippen MR) is 93.1 cm³/mol. The van der Waals surface area contributed by atoms with Crippen molar-refractivity contribution in [3.63, 3.8) is 0 Å². The van der Waals surface area contributed by atoms with E-state index in [-0.39, 0.29) is 11.6 Å². The molecule has 1 amide bonds. The number of hydrogen-bond acceptors (Lipinski definition) is 7. The fourth-order valence-electron chi connectivity index (χ4n) is 2.51. The molecule has 0 spiro atoms. The summed E-state index contributed by atoms with van der Waals surface area (Å²) in [7, 11) is 0. The number of anilines is 2. The highest BCUT2D eigenvalue weighted by Gasteiger charge is 2.34. The molecule has 1 fully saturated rings. The molecule has 7 nitrogen and oxygen atoms in total. The Hall–Kier alpha value is -2.40. The van der Waals surface area contributed by atoms with Crippen LogP contribution >= 0.6 is 11.7 Å². The molecule has 1 unspecified atom stereocenters. The molecular weight excluding hydrogens is 385 g/mol. The van der Waals surface area contributed by atoms with Crippen molar-refractivity contribution < 1.29 is 27.4 Å². The molecule has 1 N–H and O–H groups in total. The molecule has 1 aliphatic rings. The van der Waals surface area contributed by atoms with Gasteiger partial charge in [-0.05, 0) is 19.1 Å². The summed E-state index contributed by atoms with van der Waals surface area (Å²) in [6.45, 7) is 3.75. The summed E-state index contributed by atoms with van der Waals surface area (Å²) < 4.78 is 58.2. The van der Waals surface area contributed by atoms with Gasteiger partial charge in [-0.15, -0.1) is 4.37 Å². The highest BCUT2D eigenvalue weighted by molar-refractivity contribution is 6.99. The highest BCUT2D eigenvalue weighted by Crippen LogP contribution is 2.34. The van der Waals surface area contributed by atoms with Crippen LogP contribution < -0.4 is 15.0 Å². The first-order chi connectivity index (χ1) is 12.9. The number of nitrogens with one attached hydrogen (secondary N) is 1. The van der Waals surface area contributed by atoms with Gasteiger partial charge in [0.05, 0.1) is 36.2 Å². The zero-order valence-corrected chi connectivity index (χ0v) is 15.1. The topological polar surface area (TPSA) is 76.6 Å². The molecule has 1 saturated heterocycles. The van der Waals surface area contributed by atoms with Gasteiger partial charge in [-0.3, -0.25) is 4.79 Å². The van der Waals surface area contributed by atoms with Gasteiger partial charge >= 0.3 is 6.18 Å². The van der Waals surface area contributed by atoms with E-state index >= 15 is 0 Å². The number of carbonyl (C=O) groups is 1. The Balaban J connectivity index is 1.68. The number of aromatic nitrogens is 2. The molecule has 2 heterocycles. The molecule has 0 aliphatic carbocycles. The van der Waals surface area contributed by atoms with Crippen LogP contribution in [0.4, 0.5) is 24.7 Å². The Morgan fingerprint density at radius 3 is 2.70 bits per heavy atom. The SMILES string of the molecule is CC(Oc1nsnc1N1CCOCC1)C(=O)Nc1ccccc1C(F)(F)F. The maximum atomic E-state index is 13.0. The van der Waals surface area contributed by atoms with Gasteiger partial charge in [0.1, 0.15) is 0 Å². The summed E-state index contributed by atoms with van der Waals surface area (Å²) in [6.07, 6.45) is -5.63. The van der Waals surface area contributed by atoms with Crippen LogP contribution in [0, 0.1) is 0 Å². The van der Waals surface area contributed by atoms with E-state index in [1.54, 1.807) is 0 Å². The Morgan fingerprint density at radius 1 is 1.30 bits per heavy atom. The van der Waals surface area contributed by atoms with Gasteiger partial charge in [0.15, 0.2) is 6.10 Å². The van der Waals surface area contributed by atoms with E-state index in [0.717, 1.165) is 17.8 Å². The van der Waals surface area contributed by atoms with Crippen LogP contribution in [0.15, 0.2) is 24.3 Å². The van der Waals surface area contributed by atoms with E-state index in [1.165, 1.54) is 25.1 Å². The summed E-state index contributed by atoms with van der Waals surface area (Å²) in [5.41, 5.74) is -1.25. The lowest BCUT2D eigenvalue weighted by atomic mass is 10.1. The van der Waals surface area contributed by atoms with Gasteiger partial charge < -0.3 is 19.7 Å². The number of amides is 1. The van der Waals surface area contributed by atoms with E-state index in [4.69, 9.17) is 9.47 Å². The third-order valence-corrected chi connectivity index (χ3v) is 4.40. The van der Waals surface area contributed by atoms with Gasteiger partial charge in [0.2, 0.25) is 5.82 Å². The Morgan fingerprint density at radius 2 is 2.00 bits per heavy atom. The van der Waals surface area contributed by atoms with Crippen LogP contribution in [0.3, 0.4) is 0 Å². The van der Waals surface area contributed by atoms with E-state index < -0.39 is 23.8 Å². The van der Waals surface area contributed by atoms with E-state index in [0.29, 0.717) is 32.1 Å². The van der Waals surface area contributed by atoms with Crippen molar-refractivity contribution in [2.24, 2.45) is 0 Å². The van der Waals surface area contributed by atoms with Gasteiger partial charge in [-0.25, -0.2) is 0 Å². The lowest BCUT2D eigenvalue weighted by molar-refractivity contribution is -0.137. The molecule has 1 aromatic carbocycles. The number of nitrogens with zero attached hydrogens (tertiary/aromatic N) is 3. The lowest BCUT2D eigenvalue weighted by Gasteiger charge is -2.27. The fraction of sp³-hybridized carbons (Fsp3) is 0.438. The Bertz CT molecular complexity index is 793. The molecule has 3 rings (SSSR count). The fourth-order valence-corrected chi connectivity index (χ4v) is 3.02. The average molecular weight is 402 g/mol. The third kappa shape index (κ3) is 4.66. The number of morpholine rings is 1. The average Bonchev–Trinajstić information content (AvgIpc) is 3.10. The minimum absolute atomic E-state index is 0.175. The number of ether oxygens (including phenoxy) is 2. The normalized spacial score (nSPS) is 16.1. The zero-order chi connectivity index (χ0) is 19.4. The minimum atomic E-state index is -4.57. The highest BCUT2D eigenvalue weighted by atomic mass is 32.1. The molecule has 146 valence electrons. The minimum Gasteiger partial charge on any atom is -0.461 e. The van der Waals surface area contributed by atoms with Crippen LogP contribution in [-0.4, -0.2) is 47.1 Å². The summed E-state index contributed by atoms with van der Waals surface area (Å²) in [5.74, 6) is -0.0417. The molecule has 0 radical (unpaired) electrons. The van der Waals surface area contributed by atoms with Crippen LogP contribution in [0.5, 0.6) is 5.88 Å². The van der Waals surface area contributed by atoms with Crippen molar-refractivity contribution in [3.8, 4) is 5.88 Å². The van der Waals surface area contributed by atoms with Crippen molar-refractivity contribution in [1.82, 2.24) is 8.75 Å². The molecular formula is C16H17F3N4O3S. The number of alkyl halides is 3. The molecule has 1 atom stereocenters. The largest absolute Gasteiger partial charge is 0.461 e. The summed E-state index contributed by atoms with van der Waals surface area (Å²) >= 11 is 0.935. The van der Waals surface area contributed by atoms with Crippen molar-refractivity contribution in [2.75, 3.05) is 36.5 Å². The molecule has 2 aromatic rings. The summed E-state index contributed by atoms with van der Waals surface area (Å²) in [5, 5.41) is 2.27. The number of hydrogen-bond donors (Lipinski definition) is 1. The summed E-state index contributed by atoms with van der Waals surface area (Å²) in [6, 6.07) is 4.77. The molecule has 1 aromatic heterocycles. The second-order valence-corrected chi connectivity index (χ2v) is 6.31. The second kappa shape index (κ2) is 8.09. The first-order valence-electron chi connectivity index (χ1n) is 8.15. The van der Waals surface area contributed by atoms with Crippen LogP contribution in [0.2, 0.25) is 0 Å². The van der Waals surface area contributed by atoms with Crippen LogP contribution in [-0.2, 0) is 15.7 Å². The predicted octanol–water partition coefficient (Wildman–Crippen LogP) is 2.80. The van der Waals surface area contributed by atoms with Crippen molar-refractivity contribution in [1.29, 1.82) is 0 Å². The molecule has 1 aliphatic heterocycles. The van der Waals surface area contributed by atoms with Crippen molar-refractivity contribution in [3.05, 3.63) is 29.8 Å².